The third kappa shape index (κ3) is 4.28. The van der Waals surface area contributed by atoms with Crippen molar-refractivity contribution in [2.75, 3.05) is 21.3 Å². The molecular weight excluding hydrogens is 403 g/mol. The van der Waals surface area contributed by atoms with Crippen LogP contribution in [0.5, 0.6) is 17.2 Å². The largest absolute Gasteiger partial charge is 0.493 e. The lowest BCUT2D eigenvalue weighted by molar-refractivity contribution is -0.162. The highest BCUT2D eigenvalue weighted by Crippen LogP contribution is 2.41. The molecule has 0 radical (unpaired) electrons. The van der Waals surface area contributed by atoms with Crippen LogP contribution < -0.4 is 19.5 Å². The van der Waals surface area contributed by atoms with Gasteiger partial charge in [-0.05, 0) is 49.2 Å². The number of carbonyl (C=O) groups is 2. The van der Waals surface area contributed by atoms with Crippen LogP contribution in [-0.4, -0.2) is 43.6 Å². The molecule has 7 nitrogen and oxygen atoms in total. The smallest absolute Gasteiger partial charge is 0.245 e. The van der Waals surface area contributed by atoms with Gasteiger partial charge in [-0.3, -0.25) is 9.59 Å². The fourth-order valence-corrected chi connectivity index (χ4v) is 3.82. The summed E-state index contributed by atoms with van der Waals surface area (Å²) in [6.07, 6.45) is 0.287. The van der Waals surface area contributed by atoms with Crippen LogP contribution >= 0.6 is 0 Å². The summed E-state index contributed by atoms with van der Waals surface area (Å²) in [5, 5.41) is 2.89. The Morgan fingerprint density at radius 1 is 1.10 bits per heavy atom. The monoisotopic (exact) mass is 430 g/mol. The second-order valence-corrected chi connectivity index (χ2v) is 7.81. The number of halogens is 1. The normalized spacial score (nSPS) is 15.9. The first-order chi connectivity index (χ1) is 14.7. The van der Waals surface area contributed by atoms with E-state index in [1.807, 2.05) is 0 Å². The number of amides is 2. The summed E-state index contributed by atoms with van der Waals surface area (Å²) in [6.45, 7) is 3.61. The van der Waals surface area contributed by atoms with Crippen molar-refractivity contribution in [3.05, 3.63) is 53.3 Å². The standard InChI is InChI=1S/C23H27FN2O5/c1-23(2,26-17(12-20(26)27)15-6-8-16(24)9-7-15)22(28)25-13-14-10-18(29-3)21(31-5)19(11-14)30-4/h6-11,17H,12-13H2,1-5H3,(H,25,28). The minimum atomic E-state index is -1.09. The molecular formula is C23H27FN2O5. The Morgan fingerprint density at radius 2 is 1.68 bits per heavy atom. The van der Waals surface area contributed by atoms with Gasteiger partial charge in [-0.1, -0.05) is 12.1 Å². The van der Waals surface area contributed by atoms with E-state index in [9.17, 15) is 14.0 Å². The molecule has 1 unspecified atom stereocenters. The van der Waals surface area contributed by atoms with Crippen molar-refractivity contribution in [2.24, 2.45) is 0 Å². The molecule has 1 N–H and O–H groups in total. The highest BCUT2D eigenvalue weighted by Gasteiger charge is 2.49. The molecule has 0 saturated carbocycles. The van der Waals surface area contributed by atoms with Gasteiger partial charge in [0.25, 0.3) is 0 Å². The van der Waals surface area contributed by atoms with E-state index in [-0.39, 0.29) is 36.6 Å². The number of nitrogens with one attached hydrogen (secondary N) is 1. The Balaban J connectivity index is 1.75. The first-order valence-corrected chi connectivity index (χ1v) is 9.87. The molecule has 2 aromatic carbocycles. The van der Waals surface area contributed by atoms with E-state index in [1.54, 1.807) is 43.0 Å². The molecule has 0 aliphatic carbocycles. The van der Waals surface area contributed by atoms with Crippen LogP contribution in [0.15, 0.2) is 36.4 Å². The number of carbonyl (C=O) groups excluding carboxylic acids is 2. The number of ether oxygens (including phenoxy) is 3. The fraction of sp³-hybridized carbons (Fsp3) is 0.391. The molecule has 0 bridgehead atoms. The van der Waals surface area contributed by atoms with Crippen LogP contribution in [0.3, 0.4) is 0 Å². The summed E-state index contributed by atoms with van der Waals surface area (Å²) in [5.41, 5.74) is 0.463. The number of hydrogen-bond donors (Lipinski definition) is 1. The van der Waals surface area contributed by atoms with E-state index in [0.29, 0.717) is 17.2 Å². The Bertz CT molecular complexity index is 949. The number of nitrogens with zero attached hydrogens (tertiary/aromatic N) is 1. The number of β-lactam (4-membered cyclic amide) rings is 1. The summed E-state index contributed by atoms with van der Waals surface area (Å²) in [7, 11) is 4.56. The fourth-order valence-electron chi connectivity index (χ4n) is 3.82. The Hall–Kier alpha value is -3.29. The van der Waals surface area contributed by atoms with Crippen LogP contribution in [0.1, 0.15) is 37.4 Å². The van der Waals surface area contributed by atoms with Crippen LogP contribution in [-0.2, 0) is 16.1 Å². The molecule has 0 spiro atoms. The van der Waals surface area contributed by atoms with Crippen LogP contribution in [0.2, 0.25) is 0 Å². The second-order valence-electron chi connectivity index (χ2n) is 7.81. The minimum absolute atomic E-state index is 0.123. The van der Waals surface area contributed by atoms with Gasteiger partial charge in [-0.15, -0.1) is 0 Å². The molecule has 31 heavy (non-hydrogen) atoms. The van der Waals surface area contributed by atoms with Crippen LogP contribution in [0.4, 0.5) is 4.39 Å². The molecule has 3 rings (SSSR count). The number of rotatable bonds is 8. The Kier molecular flexibility index (Phi) is 6.38. The highest BCUT2D eigenvalue weighted by molar-refractivity contribution is 5.94. The lowest BCUT2D eigenvalue weighted by Crippen LogP contribution is -2.63. The van der Waals surface area contributed by atoms with Crippen molar-refractivity contribution in [1.82, 2.24) is 10.2 Å². The molecule has 1 heterocycles. The van der Waals surface area contributed by atoms with E-state index in [1.165, 1.54) is 33.5 Å². The SMILES string of the molecule is COc1cc(CNC(=O)C(C)(C)N2C(=O)CC2c2ccc(F)cc2)cc(OC)c1OC. The van der Waals surface area contributed by atoms with Gasteiger partial charge < -0.3 is 24.4 Å². The van der Waals surface area contributed by atoms with Crippen LogP contribution in [0, 0.1) is 5.82 Å². The predicted octanol–water partition coefficient (Wildman–Crippen LogP) is 3.22. The summed E-state index contributed by atoms with van der Waals surface area (Å²) in [6, 6.07) is 9.24. The van der Waals surface area contributed by atoms with Gasteiger partial charge in [-0.25, -0.2) is 4.39 Å². The average molecular weight is 430 g/mol. The van der Waals surface area contributed by atoms with Gasteiger partial charge in [0.05, 0.1) is 33.8 Å². The summed E-state index contributed by atoms with van der Waals surface area (Å²) in [5.74, 6) is 0.667. The van der Waals surface area contributed by atoms with Gasteiger partial charge in [0.1, 0.15) is 11.4 Å². The number of hydrogen-bond acceptors (Lipinski definition) is 5. The molecule has 1 aliphatic rings. The number of benzene rings is 2. The highest BCUT2D eigenvalue weighted by atomic mass is 19.1. The van der Waals surface area contributed by atoms with E-state index in [4.69, 9.17) is 14.2 Å². The summed E-state index contributed by atoms with van der Waals surface area (Å²) in [4.78, 5) is 26.9. The maximum Gasteiger partial charge on any atom is 0.245 e. The molecule has 2 aromatic rings. The lowest BCUT2D eigenvalue weighted by Gasteiger charge is -2.49. The molecule has 1 aliphatic heterocycles. The predicted molar refractivity (Wildman–Crippen MR) is 113 cm³/mol. The molecule has 166 valence electrons. The Labute approximate surface area is 181 Å². The van der Waals surface area contributed by atoms with E-state index >= 15 is 0 Å². The molecule has 1 saturated heterocycles. The molecule has 2 amide bonds. The maximum absolute atomic E-state index is 13.3. The molecule has 0 aromatic heterocycles. The van der Waals surface area contributed by atoms with E-state index in [2.05, 4.69) is 5.32 Å². The lowest BCUT2D eigenvalue weighted by atomic mass is 9.86. The second kappa shape index (κ2) is 8.83. The molecule has 1 fully saturated rings. The number of likely N-dealkylation sites (tertiary alicyclic amines) is 1. The van der Waals surface area contributed by atoms with Crippen LogP contribution in [0.25, 0.3) is 0 Å². The van der Waals surface area contributed by atoms with Gasteiger partial charge >= 0.3 is 0 Å². The van der Waals surface area contributed by atoms with Crippen molar-refractivity contribution in [2.45, 2.75) is 38.4 Å². The summed E-state index contributed by atoms with van der Waals surface area (Å²) >= 11 is 0. The molecule has 1 atom stereocenters. The quantitative estimate of drug-likeness (QED) is 0.651. The van der Waals surface area contributed by atoms with Crippen molar-refractivity contribution in [3.63, 3.8) is 0 Å². The van der Waals surface area contributed by atoms with Crippen molar-refractivity contribution in [3.8, 4) is 17.2 Å². The third-order valence-corrected chi connectivity index (χ3v) is 5.54. The number of methoxy groups -OCH3 is 3. The van der Waals surface area contributed by atoms with E-state index in [0.717, 1.165) is 11.1 Å². The van der Waals surface area contributed by atoms with Crippen molar-refractivity contribution < 1.29 is 28.2 Å². The maximum atomic E-state index is 13.3. The third-order valence-electron chi connectivity index (χ3n) is 5.54. The minimum Gasteiger partial charge on any atom is -0.493 e. The van der Waals surface area contributed by atoms with Crippen molar-refractivity contribution >= 4 is 11.8 Å². The molecule has 8 heteroatoms. The zero-order valence-corrected chi connectivity index (χ0v) is 18.3. The van der Waals surface area contributed by atoms with E-state index < -0.39 is 5.54 Å². The first kappa shape index (κ1) is 22.4. The zero-order chi connectivity index (χ0) is 22.8. The van der Waals surface area contributed by atoms with Gasteiger partial charge in [0.15, 0.2) is 11.5 Å². The first-order valence-electron chi connectivity index (χ1n) is 9.87. The van der Waals surface area contributed by atoms with Gasteiger partial charge in [-0.2, -0.15) is 0 Å². The average Bonchev–Trinajstić information content (AvgIpc) is 2.75. The Morgan fingerprint density at radius 3 is 2.16 bits per heavy atom. The zero-order valence-electron chi connectivity index (χ0n) is 18.3. The summed E-state index contributed by atoms with van der Waals surface area (Å²) < 4.78 is 29.3. The van der Waals surface area contributed by atoms with Gasteiger partial charge in [0.2, 0.25) is 17.6 Å². The van der Waals surface area contributed by atoms with Gasteiger partial charge in [0, 0.05) is 6.54 Å². The topological polar surface area (TPSA) is 77.1 Å². The van der Waals surface area contributed by atoms with Crippen molar-refractivity contribution in [1.29, 1.82) is 0 Å².